The number of rotatable bonds is 22. The van der Waals surface area contributed by atoms with E-state index >= 15 is 0 Å². The molecule has 41 heteroatoms. The van der Waals surface area contributed by atoms with E-state index in [9.17, 15) is 5.11 Å². The molecule has 0 spiro atoms. The van der Waals surface area contributed by atoms with Crippen LogP contribution in [0.15, 0.2) is 4.74 Å². The maximum absolute atomic E-state index is 10.6. The van der Waals surface area contributed by atoms with Crippen molar-refractivity contribution in [3.8, 4) is 0 Å². The molecule has 0 aromatic heterocycles. The Hall–Kier alpha value is 10.8. The first kappa shape index (κ1) is 59.8. The molecule has 0 fully saturated rings. The molecular weight excluding hydrogens is 1290 g/mol. The Kier molecular flexibility index (Phi) is 59.0. The fourth-order valence-corrected chi connectivity index (χ4v) is 116. The summed E-state index contributed by atoms with van der Waals surface area (Å²) in [5.74, 6) is 0. The van der Waals surface area contributed by atoms with E-state index in [0.29, 0.717) is 13.2 Å². The zero-order chi connectivity index (χ0) is 36.2. The van der Waals surface area contributed by atoms with Crippen molar-refractivity contribution in [1.82, 2.24) is 0 Å². The molecule has 4 unspecified atom stereocenters. The quantitative estimate of drug-likeness (QED) is 0.110. The zero-order valence-corrected chi connectivity index (χ0v) is 56.8. The van der Waals surface area contributed by atoms with Gasteiger partial charge in [0.25, 0.3) is 0 Å². The average Bonchev–Trinajstić information content (AvgIpc) is 3.08. The van der Waals surface area contributed by atoms with E-state index in [-0.39, 0.29) is 12.1 Å². The Morgan fingerprint density at radius 3 is 1.43 bits per heavy atom. The molecule has 0 bridgehead atoms. The Bertz CT molecular complexity index is 1510. The molecule has 0 saturated carbocycles. The van der Waals surface area contributed by atoms with E-state index in [1.54, 1.807) is 6.92 Å². The van der Waals surface area contributed by atoms with Gasteiger partial charge < -0.3 is 0 Å². The molecule has 0 heterocycles. The van der Waals surface area contributed by atoms with Crippen LogP contribution in [0.2, 0.25) is 0 Å². The van der Waals surface area contributed by atoms with Crippen molar-refractivity contribution in [1.29, 1.82) is 0 Å². The van der Waals surface area contributed by atoms with Crippen molar-refractivity contribution in [3.05, 3.63) is 0 Å². The Labute approximate surface area is 347 Å². The summed E-state index contributed by atoms with van der Waals surface area (Å²) >= 11 is 0. The first-order valence-corrected chi connectivity index (χ1v) is 66.2. The third-order valence-electron chi connectivity index (χ3n) is 3.60. The molecule has 260 valence electrons. The van der Waals surface area contributed by atoms with E-state index in [2.05, 4.69) is 26.0 Å². The number of hydrogen-bond donors (Lipinski definition) is 1. The number of aliphatic hydroxyl groups is 1. The summed E-state index contributed by atoms with van der Waals surface area (Å²) in [7, 11) is 59.4. The van der Waals surface area contributed by atoms with Gasteiger partial charge in [-0.2, -0.15) is 0 Å². The molecule has 7 atom stereocenters. The van der Waals surface area contributed by atoms with Crippen LogP contribution >= 0.6 is 276 Å². The van der Waals surface area contributed by atoms with Gasteiger partial charge in [0.05, 0.1) is 0 Å². The second-order valence-electron chi connectivity index (χ2n) is 6.54. The number of ether oxygens (including phenoxy) is 1. The Balaban J connectivity index is 5.46. The van der Waals surface area contributed by atoms with Crippen LogP contribution in [0.1, 0.15) is 13.8 Å². The second kappa shape index (κ2) is 48.3. The van der Waals surface area contributed by atoms with Gasteiger partial charge in [-0.05, 0) is 37.8 Å². The molecule has 0 saturated heterocycles. The normalized spacial score (nSPS) is 17.3. The molecule has 0 aliphatic rings. The van der Waals surface area contributed by atoms with Gasteiger partial charge in [0.2, 0.25) is 0 Å². The SMILES string of the molecule is C[C@H](O)C(COP(#P)P=PP=PP=PP=PP)O[C@@H](C)[C@H](COP(#P)P=PP=PP=PP=PP=P)N=PP=PP=PP=PP=PP=PP=P. The standard InChI is InChI=1S/C8H19NO4P36/c1-5(10)8(4-12-49(18)47-45-42-40-34-30-26-22-16)13-6(2)7(3-11-48(17)46-44-43-41-37-33-29-25-21-15)9-19-23-27-31-35-38-39-36-32-28-24-20-14/h5-8,10,14-15H,3-4,16H2,1-2H3/t5-,6-,7-,8?/m0/s1. The molecule has 0 aromatic rings. The molecule has 0 aliphatic heterocycles. The van der Waals surface area contributed by atoms with Crippen LogP contribution in [0.4, 0.5) is 0 Å². The van der Waals surface area contributed by atoms with Gasteiger partial charge in [-0.25, -0.2) is 0 Å². The number of aliphatic hydroxyl groups excluding tert-OH is 1. The summed E-state index contributed by atoms with van der Waals surface area (Å²) in [6.07, 6.45) is -1.35. The van der Waals surface area contributed by atoms with Crippen LogP contribution in [0, 0.1) is 0 Å². The van der Waals surface area contributed by atoms with Gasteiger partial charge in [0, 0.05) is 0 Å². The Morgan fingerprint density at radius 2 is 1.00 bits per heavy atom. The molecule has 0 rings (SSSR count). The predicted octanol–water partition coefficient (Wildman–Crippen LogP) is 30.1. The van der Waals surface area contributed by atoms with Gasteiger partial charge in [-0.1, -0.05) is 8.53 Å². The molecule has 0 aromatic carbocycles. The number of hydrogen-bond acceptors (Lipinski definition) is 5. The third-order valence-corrected chi connectivity index (χ3v) is 97.5. The molecule has 5 nitrogen and oxygen atoms in total. The summed E-state index contributed by atoms with van der Waals surface area (Å²) < 4.78 is 23.7. The summed E-state index contributed by atoms with van der Waals surface area (Å²) in [6.45, 7) is 2.83. The first-order valence-electron chi connectivity index (χ1n) is 11.5. The summed E-state index contributed by atoms with van der Waals surface area (Å²) in [4.78, 5) is 0. The average molecular weight is 1310 g/mol. The molecular formula is C8H19NO4P36. The predicted molar refractivity (Wildman–Crippen MR) is 299 cm³/mol. The van der Waals surface area contributed by atoms with Crippen molar-refractivity contribution in [2.45, 2.75) is 38.2 Å². The van der Waals surface area contributed by atoms with Gasteiger partial charge in [-0.3, -0.25) is 0 Å². The van der Waals surface area contributed by atoms with Crippen LogP contribution in [0.5, 0.6) is 0 Å². The molecule has 0 amide bonds. The van der Waals surface area contributed by atoms with Crippen LogP contribution in [0.25, 0.3) is 0 Å². The van der Waals surface area contributed by atoms with E-state index < -0.39 is 26.1 Å². The molecule has 0 radical (unpaired) electrons. The minimum absolute atomic E-state index is 0.147. The number of nitrogens with zero attached hydrogens (tertiary/aromatic N) is 1. The maximum atomic E-state index is 10.6. The third kappa shape index (κ3) is 43.8. The fourth-order valence-electron chi connectivity index (χ4n) is 1.83. The topological polar surface area (TPSA) is 60.3 Å². The first-order chi connectivity index (χ1) is 23.8. The second-order valence-corrected chi connectivity index (χ2v) is 81.6. The van der Waals surface area contributed by atoms with Crippen molar-refractivity contribution in [3.63, 3.8) is 0 Å². The smallest absolute Gasteiger partial charge is 0.0835 e. The molecule has 49 heavy (non-hydrogen) atoms. The van der Waals surface area contributed by atoms with Gasteiger partial charge >= 0.3 is 305 Å². The van der Waals surface area contributed by atoms with E-state index in [0.717, 1.165) is 8.06 Å². The van der Waals surface area contributed by atoms with Crippen molar-refractivity contribution < 1.29 is 18.9 Å². The van der Waals surface area contributed by atoms with Crippen LogP contribution in [0.3, 0.4) is 0 Å². The summed E-state index contributed by atoms with van der Waals surface area (Å²) in [6, 6.07) is -0.147. The Morgan fingerprint density at radius 1 is 0.612 bits per heavy atom. The monoisotopic (exact) mass is 1310 g/mol. The van der Waals surface area contributed by atoms with E-state index in [4.69, 9.17) is 35.2 Å². The van der Waals surface area contributed by atoms with E-state index in [1.165, 1.54) is 212 Å². The molecule has 0 aliphatic carbocycles. The minimum atomic E-state index is -0.890. The van der Waals surface area contributed by atoms with Gasteiger partial charge in [0.15, 0.2) is 0 Å². The fraction of sp³-hybridized carbons (Fsp3) is 1.00. The summed E-state index contributed by atoms with van der Waals surface area (Å²) in [5.41, 5.74) is 0. The van der Waals surface area contributed by atoms with Crippen LogP contribution in [-0.4, -0.2) is 42.7 Å². The van der Waals surface area contributed by atoms with Crippen LogP contribution < -0.4 is 0 Å². The van der Waals surface area contributed by atoms with Crippen molar-refractivity contribution >= 4 is 276 Å². The molecule has 1 N–H and O–H groups in total. The van der Waals surface area contributed by atoms with Crippen LogP contribution in [-0.2, 0) is 13.8 Å². The van der Waals surface area contributed by atoms with Crippen molar-refractivity contribution in [2.24, 2.45) is 4.74 Å². The van der Waals surface area contributed by atoms with Crippen molar-refractivity contribution in [2.75, 3.05) is 13.2 Å². The van der Waals surface area contributed by atoms with E-state index in [1.807, 2.05) is 6.92 Å². The van der Waals surface area contributed by atoms with Gasteiger partial charge in [-0.15, -0.1) is 0 Å². The van der Waals surface area contributed by atoms with Gasteiger partial charge in [0.1, 0.15) is 0 Å². The summed E-state index contributed by atoms with van der Waals surface area (Å²) in [5, 5.41) is 10.6. The zero-order valence-electron chi connectivity index (χ0n) is 24.2. The minimum Gasteiger partial charge on any atom is -0.0835 e.